The van der Waals surface area contributed by atoms with Gasteiger partial charge in [-0.25, -0.2) is 0 Å². The summed E-state index contributed by atoms with van der Waals surface area (Å²) in [6.07, 6.45) is 1.98. The molecular weight excluding hydrogens is 500 g/mol. The number of aryl methyl sites for hydroxylation is 1. The van der Waals surface area contributed by atoms with Crippen molar-refractivity contribution in [1.29, 1.82) is 0 Å². The fourth-order valence-electron chi connectivity index (χ4n) is 5.27. The number of thioether (sulfide) groups is 1. The molecular formula is C29H34N4O4S. The van der Waals surface area contributed by atoms with Gasteiger partial charge < -0.3 is 14.4 Å². The molecule has 3 heterocycles. The van der Waals surface area contributed by atoms with E-state index in [0.29, 0.717) is 23.2 Å². The second kappa shape index (κ2) is 11.1. The van der Waals surface area contributed by atoms with Gasteiger partial charge in [0.1, 0.15) is 12.4 Å². The molecule has 0 aliphatic carbocycles. The Balaban J connectivity index is 1.61. The van der Waals surface area contributed by atoms with E-state index in [1.807, 2.05) is 60.5 Å². The average molecular weight is 535 g/mol. The molecule has 0 radical (unpaired) electrons. The monoisotopic (exact) mass is 534 g/mol. The van der Waals surface area contributed by atoms with Gasteiger partial charge in [0, 0.05) is 31.3 Å². The van der Waals surface area contributed by atoms with Crippen LogP contribution in [0.15, 0.2) is 48.5 Å². The Labute approximate surface area is 227 Å². The summed E-state index contributed by atoms with van der Waals surface area (Å²) < 4.78 is 12.8. The van der Waals surface area contributed by atoms with Crippen molar-refractivity contribution >= 4 is 29.4 Å². The van der Waals surface area contributed by atoms with Gasteiger partial charge >= 0.3 is 0 Å². The Morgan fingerprint density at radius 2 is 1.76 bits per heavy atom. The maximum Gasteiger partial charge on any atom is 0.242 e. The average Bonchev–Trinajstić information content (AvgIpc) is 3.20. The van der Waals surface area contributed by atoms with Crippen LogP contribution in [0.3, 0.4) is 0 Å². The second-order valence-electron chi connectivity index (χ2n) is 9.92. The van der Waals surface area contributed by atoms with Gasteiger partial charge in [-0.1, -0.05) is 43.3 Å². The quantitative estimate of drug-likeness (QED) is 0.463. The Hall–Kier alpha value is -3.46. The van der Waals surface area contributed by atoms with Gasteiger partial charge in [-0.15, -0.1) is 11.8 Å². The van der Waals surface area contributed by atoms with Gasteiger partial charge in [-0.2, -0.15) is 5.10 Å². The van der Waals surface area contributed by atoms with Crippen LogP contribution in [-0.2, 0) is 16.6 Å². The maximum absolute atomic E-state index is 13.6. The first kappa shape index (κ1) is 26.2. The molecule has 1 fully saturated rings. The van der Waals surface area contributed by atoms with E-state index < -0.39 is 0 Å². The van der Waals surface area contributed by atoms with Crippen molar-refractivity contribution in [3.63, 3.8) is 0 Å². The highest BCUT2D eigenvalue weighted by molar-refractivity contribution is 8.00. The lowest BCUT2D eigenvalue weighted by molar-refractivity contribution is -0.132. The number of hydrogen-bond acceptors (Lipinski definition) is 6. The maximum atomic E-state index is 13.6. The summed E-state index contributed by atoms with van der Waals surface area (Å²) in [5, 5.41) is 4.70. The van der Waals surface area contributed by atoms with Gasteiger partial charge in [-0.3, -0.25) is 19.2 Å². The summed E-state index contributed by atoms with van der Waals surface area (Å²) in [5.41, 5.74) is 3.65. The third-order valence-electron chi connectivity index (χ3n) is 7.43. The molecule has 2 aliphatic rings. The zero-order valence-electron chi connectivity index (χ0n) is 22.3. The van der Waals surface area contributed by atoms with Crippen LogP contribution in [0.1, 0.15) is 36.1 Å². The van der Waals surface area contributed by atoms with E-state index in [-0.39, 0.29) is 29.4 Å². The smallest absolute Gasteiger partial charge is 0.242 e. The number of carbonyl (C=O) groups excluding carboxylic acids is 2. The molecule has 2 amide bonds. The third-order valence-corrected chi connectivity index (χ3v) is 8.69. The van der Waals surface area contributed by atoms with Crippen molar-refractivity contribution in [3.8, 4) is 22.8 Å². The summed E-state index contributed by atoms with van der Waals surface area (Å²) in [7, 11) is 5.08. The normalized spacial score (nSPS) is 18.2. The molecule has 3 aromatic rings. The minimum atomic E-state index is -0.200. The number of carbonyl (C=O) groups is 2. The van der Waals surface area contributed by atoms with E-state index in [0.717, 1.165) is 48.3 Å². The molecule has 8 nitrogen and oxygen atoms in total. The van der Waals surface area contributed by atoms with Crippen LogP contribution < -0.4 is 14.4 Å². The van der Waals surface area contributed by atoms with Crippen molar-refractivity contribution < 1.29 is 19.1 Å². The Morgan fingerprint density at radius 3 is 2.45 bits per heavy atom. The standard InChI is InChI=1S/C29H34N4O4S/c1-19-12-14-32(15-13-19)24(34)17-33-25(35)18-38-28(21-10-11-22(36-3)23(16-21)37-4)26-27(30-31(2)29(26)33)20-8-6-5-7-9-20/h5-11,16,19,28H,12-15,17-18H2,1-4H3. The lowest BCUT2D eigenvalue weighted by Gasteiger charge is -2.32. The van der Waals surface area contributed by atoms with Crippen LogP contribution in [0.4, 0.5) is 5.82 Å². The summed E-state index contributed by atoms with van der Waals surface area (Å²) in [4.78, 5) is 30.5. The second-order valence-corrected chi connectivity index (χ2v) is 11.0. The molecule has 9 heteroatoms. The molecule has 0 N–H and O–H groups in total. The van der Waals surface area contributed by atoms with E-state index in [9.17, 15) is 9.59 Å². The van der Waals surface area contributed by atoms with E-state index in [1.165, 1.54) is 0 Å². The number of rotatable bonds is 6. The van der Waals surface area contributed by atoms with Crippen LogP contribution in [0.2, 0.25) is 0 Å². The number of amides is 2. The number of methoxy groups -OCH3 is 2. The van der Waals surface area contributed by atoms with Gasteiger partial charge in [0.25, 0.3) is 0 Å². The van der Waals surface area contributed by atoms with Crippen molar-refractivity contribution in [1.82, 2.24) is 14.7 Å². The van der Waals surface area contributed by atoms with Gasteiger partial charge in [0.05, 0.1) is 30.9 Å². The Kier molecular flexibility index (Phi) is 7.65. The third kappa shape index (κ3) is 4.99. The van der Waals surface area contributed by atoms with E-state index >= 15 is 0 Å². The number of anilines is 1. The van der Waals surface area contributed by atoms with Gasteiger partial charge in [-0.05, 0) is 36.5 Å². The summed E-state index contributed by atoms with van der Waals surface area (Å²) in [5.74, 6) is 2.68. The molecule has 2 aliphatic heterocycles. The summed E-state index contributed by atoms with van der Waals surface area (Å²) in [6, 6.07) is 15.8. The number of nitrogens with zero attached hydrogens (tertiary/aromatic N) is 4. The van der Waals surface area contributed by atoms with Crippen LogP contribution in [-0.4, -0.2) is 66.1 Å². The predicted molar refractivity (Wildman–Crippen MR) is 150 cm³/mol. The minimum Gasteiger partial charge on any atom is -0.493 e. The zero-order valence-corrected chi connectivity index (χ0v) is 23.2. The highest BCUT2D eigenvalue weighted by Crippen LogP contribution is 2.48. The SMILES string of the molecule is COc1ccc(C2SCC(=O)N(CC(=O)N3CCC(C)CC3)c3c2c(-c2ccccc2)nn3C)cc1OC. The lowest BCUT2D eigenvalue weighted by Crippen LogP contribution is -2.46. The molecule has 0 spiro atoms. The molecule has 1 atom stereocenters. The van der Waals surface area contributed by atoms with Crippen LogP contribution in [0, 0.1) is 5.92 Å². The minimum absolute atomic E-state index is 0.00713. The summed E-state index contributed by atoms with van der Waals surface area (Å²) >= 11 is 1.54. The number of likely N-dealkylation sites (tertiary alicyclic amines) is 1. The molecule has 0 bridgehead atoms. The number of aromatic nitrogens is 2. The molecule has 38 heavy (non-hydrogen) atoms. The van der Waals surface area contributed by atoms with Crippen LogP contribution in [0.5, 0.6) is 11.5 Å². The van der Waals surface area contributed by atoms with Crippen molar-refractivity contribution in [2.24, 2.45) is 13.0 Å². The van der Waals surface area contributed by atoms with Crippen molar-refractivity contribution in [2.75, 3.05) is 44.5 Å². The summed E-state index contributed by atoms with van der Waals surface area (Å²) in [6.45, 7) is 3.70. The van der Waals surface area contributed by atoms with Crippen molar-refractivity contribution in [3.05, 3.63) is 59.7 Å². The number of fused-ring (bicyclic) bond motifs is 1. The first-order valence-electron chi connectivity index (χ1n) is 12.9. The molecule has 1 unspecified atom stereocenters. The number of piperidine rings is 1. The highest BCUT2D eigenvalue weighted by Gasteiger charge is 2.37. The topological polar surface area (TPSA) is 76.9 Å². The molecule has 1 aromatic heterocycles. The van der Waals surface area contributed by atoms with Gasteiger partial charge in [0.2, 0.25) is 11.8 Å². The highest BCUT2D eigenvalue weighted by atomic mass is 32.2. The fourth-order valence-corrected chi connectivity index (χ4v) is 6.46. The van der Waals surface area contributed by atoms with E-state index in [2.05, 4.69) is 6.92 Å². The zero-order chi connectivity index (χ0) is 26.8. The van der Waals surface area contributed by atoms with Crippen LogP contribution >= 0.6 is 11.8 Å². The van der Waals surface area contributed by atoms with Gasteiger partial charge in [0.15, 0.2) is 11.5 Å². The Morgan fingerprint density at radius 1 is 1.05 bits per heavy atom. The number of hydrogen-bond donors (Lipinski definition) is 0. The number of ether oxygens (including phenoxy) is 2. The molecule has 0 saturated carbocycles. The van der Waals surface area contributed by atoms with Crippen molar-refractivity contribution in [2.45, 2.75) is 25.0 Å². The molecule has 5 rings (SSSR count). The molecule has 2 aromatic carbocycles. The first-order chi connectivity index (χ1) is 18.4. The Bertz CT molecular complexity index is 1320. The molecule has 200 valence electrons. The van der Waals surface area contributed by atoms with E-state index in [4.69, 9.17) is 14.6 Å². The molecule has 1 saturated heterocycles. The number of benzene rings is 2. The lowest BCUT2D eigenvalue weighted by atomic mass is 9.98. The fraction of sp³-hybridized carbons (Fsp3) is 0.414. The van der Waals surface area contributed by atoms with Crippen LogP contribution in [0.25, 0.3) is 11.3 Å². The predicted octanol–water partition coefficient (Wildman–Crippen LogP) is 4.53. The largest absolute Gasteiger partial charge is 0.493 e. The first-order valence-corrected chi connectivity index (χ1v) is 14.0. The van der Waals surface area contributed by atoms with E-state index in [1.54, 1.807) is 35.6 Å².